The highest BCUT2D eigenvalue weighted by atomic mass is 16.3. The van der Waals surface area contributed by atoms with E-state index in [9.17, 15) is 4.79 Å². The zero-order chi connectivity index (χ0) is 15.7. The van der Waals surface area contributed by atoms with Crippen molar-refractivity contribution in [3.8, 4) is 0 Å². The van der Waals surface area contributed by atoms with E-state index in [1.165, 1.54) is 5.56 Å². The highest BCUT2D eigenvalue weighted by Gasteiger charge is 2.46. The van der Waals surface area contributed by atoms with Crippen molar-refractivity contribution in [3.05, 3.63) is 54.2 Å². The number of likely N-dealkylation sites (tertiary alicyclic amines) is 1. The fraction of sp³-hybridized carbons (Fsp3) is 0.444. The molecule has 2 saturated heterocycles. The van der Waals surface area contributed by atoms with E-state index in [-0.39, 0.29) is 17.4 Å². The van der Waals surface area contributed by atoms with E-state index in [1.807, 2.05) is 24.4 Å². The van der Waals surface area contributed by atoms with E-state index >= 15 is 0 Å². The molecule has 2 aromatic heterocycles. The topological polar surface area (TPSA) is 58.4 Å². The van der Waals surface area contributed by atoms with Crippen LogP contribution in [0.3, 0.4) is 0 Å². The van der Waals surface area contributed by atoms with Crippen molar-refractivity contribution in [3.63, 3.8) is 0 Å². The first-order valence-electron chi connectivity index (χ1n) is 8.20. The molecular formula is C18H21N3O2. The fourth-order valence-corrected chi connectivity index (χ4v) is 3.84. The number of carbonyl (C=O) groups excluding carboxylic acids is 1. The van der Waals surface area contributed by atoms with Gasteiger partial charge in [0, 0.05) is 43.1 Å². The van der Waals surface area contributed by atoms with Crippen LogP contribution in [-0.2, 0) is 11.3 Å². The highest BCUT2D eigenvalue weighted by molar-refractivity contribution is 5.87. The standard InChI is InChI=1S/C18H21N3O2/c22-17-16(15-2-1-6-19-11-15)10-18(20-17)4-7-21(8-5-18)12-14-3-9-23-13-14/h1-3,6,9,11,13,16H,4-5,7-8,10,12H2,(H,20,22). The summed E-state index contributed by atoms with van der Waals surface area (Å²) in [5, 5.41) is 3.29. The maximum absolute atomic E-state index is 12.4. The highest BCUT2D eigenvalue weighted by Crippen LogP contribution is 2.39. The van der Waals surface area contributed by atoms with Crippen LogP contribution in [0.1, 0.15) is 36.3 Å². The first-order valence-corrected chi connectivity index (χ1v) is 8.20. The van der Waals surface area contributed by atoms with Gasteiger partial charge in [-0.05, 0) is 37.0 Å². The quantitative estimate of drug-likeness (QED) is 0.945. The van der Waals surface area contributed by atoms with Crippen molar-refractivity contribution in [1.82, 2.24) is 15.2 Å². The number of hydrogen-bond acceptors (Lipinski definition) is 4. The summed E-state index contributed by atoms with van der Waals surface area (Å²) in [7, 11) is 0. The van der Waals surface area contributed by atoms with Crippen molar-refractivity contribution in [2.24, 2.45) is 0 Å². The number of amides is 1. The second kappa shape index (κ2) is 5.81. The first-order chi connectivity index (χ1) is 11.2. The lowest BCUT2D eigenvalue weighted by Gasteiger charge is -2.39. The van der Waals surface area contributed by atoms with Crippen LogP contribution in [0.2, 0.25) is 0 Å². The number of rotatable bonds is 3. The molecule has 0 aliphatic carbocycles. The van der Waals surface area contributed by atoms with Gasteiger partial charge in [-0.15, -0.1) is 0 Å². The third-order valence-corrected chi connectivity index (χ3v) is 5.19. The van der Waals surface area contributed by atoms with E-state index in [4.69, 9.17) is 4.42 Å². The Morgan fingerprint density at radius 3 is 2.91 bits per heavy atom. The second-order valence-corrected chi connectivity index (χ2v) is 6.72. The van der Waals surface area contributed by atoms with E-state index in [0.29, 0.717) is 0 Å². The van der Waals surface area contributed by atoms with Crippen molar-refractivity contribution in [1.29, 1.82) is 0 Å². The van der Waals surface area contributed by atoms with Gasteiger partial charge in [0.15, 0.2) is 0 Å². The molecule has 1 atom stereocenters. The monoisotopic (exact) mass is 311 g/mol. The van der Waals surface area contributed by atoms with Gasteiger partial charge in [0.2, 0.25) is 5.91 Å². The van der Waals surface area contributed by atoms with Crippen molar-refractivity contribution < 1.29 is 9.21 Å². The average molecular weight is 311 g/mol. The van der Waals surface area contributed by atoms with E-state index in [0.717, 1.165) is 44.5 Å². The van der Waals surface area contributed by atoms with Crippen molar-refractivity contribution >= 4 is 5.91 Å². The van der Waals surface area contributed by atoms with Crippen LogP contribution >= 0.6 is 0 Å². The molecule has 5 heteroatoms. The minimum atomic E-state index is -0.0517. The lowest BCUT2D eigenvalue weighted by atomic mass is 9.82. The molecule has 1 N–H and O–H groups in total. The van der Waals surface area contributed by atoms with Crippen LogP contribution in [0.5, 0.6) is 0 Å². The van der Waals surface area contributed by atoms with Crippen molar-refractivity contribution in [2.45, 2.75) is 37.3 Å². The van der Waals surface area contributed by atoms with Gasteiger partial charge in [-0.1, -0.05) is 6.07 Å². The maximum atomic E-state index is 12.4. The van der Waals surface area contributed by atoms with Gasteiger partial charge in [-0.2, -0.15) is 0 Å². The van der Waals surface area contributed by atoms with E-state index < -0.39 is 0 Å². The summed E-state index contributed by atoms with van der Waals surface area (Å²) in [6.07, 6.45) is 9.99. The molecule has 1 spiro atoms. The molecule has 2 aliphatic heterocycles. The third-order valence-electron chi connectivity index (χ3n) is 5.19. The number of aromatic nitrogens is 1. The molecule has 2 fully saturated rings. The van der Waals surface area contributed by atoms with Crippen LogP contribution in [0, 0.1) is 0 Å². The molecule has 4 rings (SSSR count). The number of hydrogen-bond donors (Lipinski definition) is 1. The Morgan fingerprint density at radius 2 is 2.22 bits per heavy atom. The number of nitrogens with zero attached hydrogens (tertiary/aromatic N) is 2. The Morgan fingerprint density at radius 1 is 1.35 bits per heavy atom. The van der Waals surface area contributed by atoms with Gasteiger partial charge in [-0.25, -0.2) is 0 Å². The Bertz CT molecular complexity index is 661. The molecule has 0 aromatic carbocycles. The van der Waals surface area contributed by atoms with Crippen LogP contribution in [0.25, 0.3) is 0 Å². The normalized spacial score (nSPS) is 24.0. The van der Waals surface area contributed by atoms with Crippen LogP contribution in [0.15, 0.2) is 47.5 Å². The molecule has 0 saturated carbocycles. The average Bonchev–Trinajstić information content (AvgIpc) is 3.19. The Balaban J connectivity index is 1.40. The van der Waals surface area contributed by atoms with E-state index in [1.54, 1.807) is 18.7 Å². The second-order valence-electron chi connectivity index (χ2n) is 6.72. The Labute approximate surface area is 135 Å². The molecule has 23 heavy (non-hydrogen) atoms. The molecule has 0 bridgehead atoms. The summed E-state index contributed by atoms with van der Waals surface area (Å²) in [6.45, 7) is 2.93. The SMILES string of the molecule is O=C1NC2(CCN(Cc3ccoc3)CC2)CC1c1cccnc1. The molecular weight excluding hydrogens is 290 g/mol. The van der Waals surface area contributed by atoms with Crippen LogP contribution < -0.4 is 5.32 Å². The number of piperidine rings is 1. The van der Waals surface area contributed by atoms with Crippen LogP contribution in [-0.4, -0.2) is 34.4 Å². The van der Waals surface area contributed by atoms with Crippen molar-refractivity contribution in [2.75, 3.05) is 13.1 Å². The maximum Gasteiger partial charge on any atom is 0.228 e. The van der Waals surface area contributed by atoms with Gasteiger partial charge in [0.05, 0.1) is 18.4 Å². The summed E-state index contributed by atoms with van der Waals surface area (Å²) in [5.74, 6) is 0.102. The Hall–Kier alpha value is -2.14. The predicted octanol–water partition coefficient (Wildman–Crippen LogP) is 2.31. The third kappa shape index (κ3) is 2.88. The number of pyridine rings is 1. The van der Waals surface area contributed by atoms with Gasteiger partial charge >= 0.3 is 0 Å². The first kappa shape index (κ1) is 14.5. The lowest BCUT2D eigenvalue weighted by Crippen LogP contribution is -2.50. The zero-order valence-corrected chi connectivity index (χ0v) is 13.1. The van der Waals surface area contributed by atoms with Gasteiger partial charge in [0.25, 0.3) is 0 Å². The zero-order valence-electron chi connectivity index (χ0n) is 13.1. The molecule has 5 nitrogen and oxygen atoms in total. The number of carbonyl (C=O) groups is 1. The predicted molar refractivity (Wildman–Crippen MR) is 85.7 cm³/mol. The number of furan rings is 1. The summed E-state index contributed by atoms with van der Waals surface area (Å²) in [6, 6.07) is 5.92. The Kier molecular flexibility index (Phi) is 3.65. The summed E-state index contributed by atoms with van der Waals surface area (Å²) >= 11 is 0. The van der Waals surface area contributed by atoms with Gasteiger partial charge in [0.1, 0.15) is 0 Å². The largest absolute Gasteiger partial charge is 0.472 e. The summed E-state index contributed by atoms with van der Waals surface area (Å²) < 4.78 is 5.14. The fourth-order valence-electron chi connectivity index (χ4n) is 3.84. The lowest BCUT2D eigenvalue weighted by molar-refractivity contribution is -0.121. The molecule has 2 aliphatic rings. The minimum Gasteiger partial charge on any atom is -0.472 e. The summed E-state index contributed by atoms with van der Waals surface area (Å²) in [5.41, 5.74) is 2.21. The minimum absolute atomic E-state index is 0.0372. The number of nitrogens with one attached hydrogen (secondary N) is 1. The molecule has 1 unspecified atom stereocenters. The van der Waals surface area contributed by atoms with E-state index in [2.05, 4.69) is 15.2 Å². The van der Waals surface area contributed by atoms with Crippen LogP contribution in [0.4, 0.5) is 0 Å². The smallest absolute Gasteiger partial charge is 0.228 e. The van der Waals surface area contributed by atoms with Gasteiger partial charge in [-0.3, -0.25) is 14.7 Å². The molecule has 2 aromatic rings. The molecule has 4 heterocycles. The molecule has 0 radical (unpaired) electrons. The molecule has 120 valence electrons. The molecule has 1 amide bonds. The van der Waals surface area contributed by atoms with Gasteiger partial charge < -0.3 is 9.73 Å². The summed E-state index contributed by atoms with van der Waals surface area (Å²) in [4.78, 5) is 19.0.